The maximum Gasteiger partial charge on any atom is 0.248 e. The van der Waals surface area contributed by atoms with Crippen LogP contribution in [0.15, 0.2) is 35.1 Å². The van der Waals surface area contributed by atoms with Crippen LogP contribution in [-0.4, -0.2) is 15.1 Å². The number of aryl methyl sites for hydroxylation is 3. The van der Waals surface area contributed by atoms with Gasteiger partial charge in [-0.2, -0.15) is 4.98 Å². The summed E-state index contributed by atoms with van der Waals surface area (Å²) in [6.07, 6.45) is 1.38. The highest BCUT2D eigenvalue weighted by molar-refractivity contribution is 5.71. The van der Waals surface area contributed by atoms with Crippen LogP contribution in [-0.2, 0) is 0 Å². The summed E-state index contributed by atoms with van der Waals surface area (Å²) in [5.41, 5.74) is 8.70. The molecule has 7 nitrogen and oxygen atoms in total. The topological polar surface area (TPSA) is 99.1 Å². The van der Waals surface area contributed by atoms with Crippen LogP contribution in [0.3, 0.4) is 0 Å². The molecule has 0 radical (unpaired) electrons. The van der Waals surface area contributed by atoms with Gasteiger partial charge in [-0.3, -0.25) is 0 Å². The van der Waals surface area contributed by atoms with E-state index >= 15 is 0 Å². The van der Waals surface area contributed by atoms with E-state index < -0.39 is 0 Å². The van der Waals surface area contributed by atoms with Gasteiger partial charge in [-0.25, -0.2) is 4.98 Å². The van der Waals surface area contributed by atoms with E-state index in [0.717, 1.165) is 5.56 Å². The van der Waals surface area contributed by atoms with Crippen molar-refractivity contribution < 1.29 is 9.26 Å². The van der Waals surface area contributed by atoms with Crippen LogP contribution in [0, 0.1) is 20.8 Å². The van der Waals surface area contributed by atoms with Crippen LogP contribution < -0.4 is 15.8 Å². The smallest absolute Gasteiger partial charge is 0.248 e. The molecule has 0 unspecified atom stereocenters. The molecule has 3 rings (SSSR count). The minimum Gasteiger partial charge on any atom is -0.437 e. The van der Waals surface area contributed by atoms with E-state index in [0.29, 0.717) is 28.8 Å². The third kappa shape index (κ3) is 3.23. The highest BCUT2D eigenvalue weighted by Crippen LogP contribution is 2.31. The second-order valence-electron chi connectivity index (χ2n) is 5.24. The lowest BCUT2D eigenvalue weighted by atomic mass is 10.1. The first-order chi connectivity index (χ1) is 11.0. The number of nitrogens with zero attached hydrogens (tertiary/aromatic N) is 3. The molecule has 0 aliphatic carbocycles. The number of nitrogen functional groups attached to an aromatic ring is 1. The van der Waals surface area contributed by atoms with Crippen LogP contribution >= 0.6 is 0 Å². The van der Waals surface area contributed by atoms with Crippen molar-refractivity contribution in [3.8, 4) is 11.6 Å². The van der Waals surface area contributed by atoms with Crippen molar-refractivity contribution in [3.63, 3.8) is 0 Å². The summed E-state index contributed by atoms with van der Waals surface area (Å²) in [5, 5.41) is 6.82. The second-order valence-corrected chi connectivity index (χ2v) is 5.24. The minimum atomic E-state index is 0.283. The first-order valence-corrected chi connectivity index (χ1v) is 7.09. The van der Waals surface area contributed by atoms with Crippen LogP contribution in [0.25, 0.3) is 0 Å². The Morgan fingerprint density at radius 3 is 2.61 bits per heavy atom. The zero-order chi connectivity index (χ0) is 16.4. The zero-order valence-electron chi connectivity index (χ0n) is 13.1. The van der Waals surface area contributed by atoms with Gasteiger partial charge in [-0.1, -0.05) is 11.2 Å². The molecule has 0 aliphatic heterocycles. The van der Waals surface area contributed by atoms with Crippen molar-refractivity contribution in [1.82, 2.24) is 15.1 Å². The van der Waals surface area contributed by atoms with Crippen molar-refractivity contribution in [2.45, 2.75) is 20.8 Å². The van der Waals surface area contributed by atoms with Crippen LogP contribution in [0.2, 0.25) is 0 Å². The molecule has 0 saturated heterocycles. The molecule has 0 spiro atoms. The average Bonchev–Trinajstić information content (AvgIpc) is 2.92. The Morgan fingerprint density at radius 1 is 1.09 bits per heavy atom. The molecule has 0 aliphatic rings. The molecular weight excluding hydrogens is 294 g/mol. The summed E-state index contributed by atoms with van der Waals surface area (Å²) in [6.45, 7) is 5.86. The van der Waals surface area contributed by atoms with Gasteiger partial charge in [-0.05, 0) is 44.0 Å². The molecular formula is C16H17N5O2. The van der Waals surface area contributed by atoms with Crippen molar-refractivity contribution in [1.29, 1.82) is 0 Å². The number of benzene rings is 1. The van der Waals surface area contributed by atoms with Gasteiger partial charge < -0.3 is 20.3 Å². The molecule has 3 aromatic rings. The van der Waals surface area contributed by atoms with Crippen molar-refractivity contribution in [3.05, 3.63) is 47.5 Å². The summed E-state index contributed by atoms with van der Waals surface area (Å²) < 4.78 is 10.8. The first-order valence-electron chi connectivity index (χ1n) is 7.09. The number of hydrogen-bond donors (Lipinski definition) is 2. The number of anilines is 3. The number of ether oxygens (including phenoxy) is 1. The predicted octanol–water partition coefficient (Wildman–Crippen LogP) is 3.51. The van der Waals surface area contributed by atoms with Crippen molar-refractivity contribution in [2.24, 2.45) is 0 Å². The van der Waals surface area contributed by atoms with Crippen LogP contribution in [0.5, 0.6) is 11.6 Å². The SMILES string of the molecule is Cc1cc(Nc2ncnc(Oc3ccc(C)c(C)c3)c2N)no1. The Kier molecular flexibility index (Phi) is 3.84. The first kappa shape index (κ1) is 14.8. The third-order valence-electron chi connectivity index (χ3n) is 3.41. The van der Waals surface area contributed by atoms with Gasteiger partial charge in [0, 0.05) is 6.07 Å². The average molecular weight is 311 g/mol. The van der Waals surface area contributed by atoms with Gasteiger partial charge in [0.2, 0.25) is 5.88 Å². The Hall–Kier alpha value is -3.09. The zero-order valence-corrected chi connectivity index (χ0v) is 13.1. The lowest BCUT2D eigenvalue weighted by Crippen LogP contribution is -2.03. The van der Waals surface area contributed by atoms with Crippen molar-refractivity contribution in [2.75, 3.05) is 11.1 Å². The lowest BCUT2D eigenvalue weighted by molar-refractivity contribution is 0.400. The Bertz CT molecular complexity index is 844. The fraction of sp³-hybridized carbons (Fsp3) is 0.188. The maximum absolute atomic E-state index is 6.08. The van der Waals surface area contributed by atoms with Crippen LogP contribution in [0.1, 0.15) is 16.9 Å². The van der Waals surface area contributed by atoms with E-state index in [4.69, 9.17) is 15.0 Å². The molecule has 1 aromatic carbocycles. The number of aromatic nitrogens is 3. The number of hydrogen-bond acceptors (Lipinski definition) is 7. The third-order valence-corrected chi connectivity index (χ3v) is 3.41. The summed E-state index contributed by atoms with van der Waals surface area (Å²) in [6, 6.07) is 7.54. The molecule has 0 fully saturated rings. The summed E-state index contributed by atoms with van der Waals surface area (Å²) in [4.78, 5) is 8.20. The fourth-order valence-corrected chi connectivity index (χ4v) is 2.00. The Balaban J connectivity index is 1.85. The normalized spacial score (nSPS) is 10.6. The van der Waals surface area contributed by atoms with E-state index in [1.54, 1.807) is 13.0 Å². The molecule has 0 amide bonds. The Morgan fingerprint density at radius 2 is 1.91 bits per heavy atom. The van der Waals surface area contributed by atoms with Crippen LogP contribution in [0.4, 0.5) is 17.3 Å². The molecule has 3 N–H and O–H groups in total. The fourth-order valence-electron chi connectivity index (χ4n) is 2.00. The van der Waals surface area contributed by atoms with E-state index in [1.807, 2.05) is 32.0 Å². The summed E-state index contributed by atoms with van der Waals surface area (Å²) in [5.74, 6) is 2.57. The van der Waals surface area contributed by atoms with Gasteiger partial charge >= 0.3 is 0 Å². The van der Waals surface area contributed by atoms with Gasteiger partial charge in [0.25, 0.3) is 0 Å². The highest BCUT2D eigenvalue weighted by atomic mass is 16.5. The van der Waals surface area contributed by atoms with Gasteiger partial charge in [0.15, 0.2) is 11.6 Å². The van der Waals surface area contributed by atoms with E-state index in [1.165, 1.54) is 11.9 Å². The number of nitrogens with one attached hydrogen (secondary N) is 1. The van der Waals surface area contributed by atoms with E-state index in [-0.39, 0.29) is 5.88 Å². The van der Waals surface area contributed by atoms with Gasteiger partial charge in [-0.15, -0.1) is 0 Å². The van der Waals surface area contributed by atoms with E-state index in [2.05, 4.69) is 20.4 Å². The molecule has 0 atom stereocenters. The quantitative estimate of drug-likeness (QED) is 0.760. The lowest BCUT2D eigenvalue weighted by Gasteiger charge is -2.11. The van der Waals surface area contributed by atoms with Gasteiger partial charge in [0.05, 0.1) is 0 Å². The second kappa shape index (κ2) is 5.96. The van der Waals surface area contributed by atoms with E-state index in [9.17, 15) is 0 Å². The molecule has 0 saturated carbocycles. The monoisotopic (exact) mass is 311 g/mol. The largest absolute Gasteiger partial charge is 0.437 e. The number of nitrogens with two attached hydrogens (primary N) is 1. The standard InChI is InChI=1S/C16H17N5O2/c1-9-4-5-12(6-10(9)2)22-16-14(17)15(18-8-19-16)20-13-7-11(3)23-21-13/h4-8H,17H2,1-3H3,(H,18,19,20,21). The van der Waals surface area contributed by atoms with Crippen molar-refractivity contribution >= 4 is 17.3 Å². The number of rotatable bonds is 4. The highest BCUT2D eigenvalue weighted by Gasteiger charge is 2.12. The summed E-state index contributed by atoms with van der Waals surface area (Å²) >= 11 is 0. The molecule has 2 heterocycles. The van der Waals surface area contributed by atoms with Gasteiger partial charge in [0.1, 0.15) is 23.5 Å². The molecule has 118 valence electrons. The summed E-state index contributed by atoms with van der Waals surface area (Å²) in [7, 11) is 0. The predicted molar refractivity (Wildman–Crippen MR) is 87.0 cm³/mol. The molecule has 0 bridgehead atoms. The maximum atomic E-state index is 6.08. The minimum absolute atomic E-state index is 0.283. The molecule has 2 aromatic heterocycles. The molecule has 7 heteroatoms. The molecule has 23 heavy (non-hydrogen) atoms. The Labute approximate surface area is 133 Å².